The number of amides is 2. The predicted octanol–water partition coefficient (Wildman–Crippen LogP) is 5.17. The van der Waals surface area contributed by atoms with Crippen molar-refractivity contribution in [3.8, 4) is 5.69 Å². The van der Waals surface area contributed by atoms with Crippen LogP contribution in [0.25, 0.3) is 5.69 Å². The molecule has 2 amide bonds. The Bertz CT molecular complexity index is 1870. The highest BCUT2D eigenvalue weighted by Gasteiger charge is 2.28. The molecule has 1 aliphatic carbocycles. The highest BCUT2D eigenvalue weighted by Crippen LogP contribution is 2.39. The summed E-state index contributed by atoms with van der Waals surface area (Å²) in [5, 5.41) is 37.2. The van der Waals surface area contributed by atoms with Gasteiger partial charge in [0.1, 0.15) is 5.00 Å². The molecule has 0 spiro atoms. The zero-order valence-corrected chi connectivity index (χ0v) is 26.9. The maximum absolute atomic E-state index is 13.2. The van der Waals surface area contributed by atoms with Gasteiger partial charge in [0.2, 0.25) is 5.91 Å². The number of benzene rings is 2. The van der Waals surface area contributed by atoms with E-state index >= 15 is 0 Å². The van der Waals surface area contributed by atoms with Gasteiger partial charge in [-0.2, -0.15) is 0 Å². The molecule has 0 fully saturated rings. The van der Waals surface area contributed by atoms with Gasteiger partial charge in [0.05, 0.1) is 34.3 Å². The molecular formula is C30H29N7O8S2. The second-order valence-corrected chi connectivity index (χ2v) is 12.5. The smallest absolute Gasteiger partial charge is 0.341 e. The third-order valence-electron chi connectivity index (χ3n) is 7.33. The van der Waals surface area contributed by atoms with Crippen molar-refractivity contribution in [3.63, 3.8) is 0 Å². The third kappa shape index (κ3) is 7.47. The van der Waals surface area contributed by atoms with E-state index in [1.165, 1.54) is 53.8 Å². The Labute approximate surface area is 276 Å². The van der Waals surface area contributed by atoms with Crippen molar-refractivity contribution >= 4 is 57.3 Å². The van der Waals surface area contributed by atoms with Crippen LogP contribution < -0.4 is 10.6 Å². The largest absolute Gasteiger partial charge is 0.462 e. The van der Waals surface area contributed by atoms with E-state index in [-0.39, 0.29) is 46.8 Å². The number of thioether (sulfide) groups is 1. The number of hydrogen-bond acceptors (Lipinski definition) is 12. The minimum atomic E-state index is -0.587. The van der Waals surface area contributed by atoms with Crippen LogP contribution in [0.5, 0.6) is 0 Å². The Kier molecular flexibility index (Phi) is 10.3. The number of non-ortho nitro benzene ring substituents is 1. The molecule has 0 radical (unpaired) electrons. The molecule has 0 saturated carbocycles. The SMILES string of the molecule is CCOC(=O)c1c(NC(=O)CSc2nnc(CNC(=O)c3ccc(C)c([N+](=O)[O-])c3)n2-c2ccc([N+](=O)[O-])cc2)sc2c1CCCC2. The topological polar surface area (TPSA) is 201 Å². The molecule has 17 heteroatoms. The van der Waals surface area contributed by atoms with Crippen LogP contribution in [-0.2, 0) is 28.9 Å². The number of hydrogen-bond donors (Lipinski definition) is 2. The number of thiophene rings is 1. The second-order valence-electron chi connectivity index (χ2n) is 10.4. The molecule has 2 aromatic carbocycles. The first-order chi connectivity index (χ1) is 22.6. The fraction of sp³-hybridized carbons (Fsp3) is 0.300. The first-order valence-corrected chi connectivity index (χ1v) is 16.3. The Balaban J connectivity index is 1.36. The van der Waals surface area contributed by atoms with Crippen LogP contribution in [0.1, 0.15) is 62.3 Å². The van der Waals surface area contributed by atoms with E-state index in [0.29, 0.717) is 21.8 Å². The van der Waals surface area contributed by atoms with E-state index in [0.717, 1.165) is 47.9 Å². The molecule has 2 N–H and O–H groups in total. The first kappa shape index (κ1) is 33.2. The van der Waals surface area contributed by atoms with Gasteiger partial charge in [-0.1, -0.05) is 17.8 Å². The average Bonchev–Trinajstić information content (AvgIpc) is 3.63. The molecular weight excluding hydrogens is 651 g/mol. The first-order valence-electron chi connectivity index (χ1n) is 14.5. The summed E-state index contributed by atoms with van der Waals surface area (Å²) in [4.78, 5) is 61.4. The van der Waals surface area contributed by atoms with E-state index < -0.39 is 27.6 Å². The van der Waals surface area contributed by atoms with Crippen LogP contribution >= 0.6 is 23.1 Å². The molecule has 244 valence electrons. The molecule has 0 saturated heterocycles. The number of aryl methyl sites for hydroxylation is 2. The maximum Gasteiger partial charge on any atom is 0.341 e. The van der Waals surface area contributed by atoms with Gasteiger partial charge >= 0.3 is 5.97 Å². The standard InChI is InChI=1S/C30H29N7O8S2/c1-3-45-29(40)26-21-6-4-5-7-23(21)47-28(26)32-25(38)16-46-30-34-33-24(35(30)19-10-12-20(13-11-19)36(41)42)15-31-27(39)18-9-8-17(2)22(14-18)37(43)44/h8-14H,3-7,15-16H2,1-2H3,(H,31,39)(H,32,38). The number of esters is 1. The molecule has 5 rings (SSSR count). The van der Waals surface area contributed by atoms with Crippen molar-refractivity contribution in [2.75, 3.05) is 17.7 Å². The monoisotopic (exact) mass is 679 g/mol. The van der Waals surface area contributed by atoms with Crippen molar-refractivity contribution in [1.29, 1.82) is 0 Å². The molecule has 0 bridgehead atoms. The Morgan fingerprint density at radius 3 is 2.49 bits per heavy atom. The number of ether oxygens (including phenoxy) is 1. The summed E-state index contributed by atoms with van der Waals surface area (Å²) in [6, 6.07) is 9.72. The summed E-state index contributed by atoms with van der Waals surface area (Å²) in [7, 11) is 0. The molecule has 4 aromatic rings. The zero-order valence-electron chi connectivity index (χ0n) is 25.3. The van der Waals surface area contributed by atoms with Crippen molar-refractivity contribution in [3.05, 3.63) is 95.6 Å². The highest BCUT2D eigenvalue weighted by molar-refractivity contribution is 7.99. The van der Waals surface area contributed by atoms with Gasteiger partial charge in [-0.05, 0) is 63.3 Å². The van der Waals surface area contributed by atoms with Crippen LogP contribution in [0.4, 0.5) is 16.4 Å². The summed E-state index contributed by atoms with van der Waals surface area (Å²) in [6.07, 6.45) is 3.52. The van der Waals surface area contributed by atoms with Crippen LogP contribution in [0.15, 0.2) is 47.6 Å². The predicted molar refractivity (Wildman–Crippen MR) is 173 cm³/mol. The number of fused-ring (bicyclic) bond motifs is 1. The van der Waals surface area contributed by atoms with Crippen LogP contribution in [0.3, 0.4) is 0 Å². The van der Waals surface area contributed by atoms with Crippen molar-refractivity contribution in [2.45, 2.75) is 51.2 Å². The summed E-state index contributed by atoms with van der Waals surface area (Å²) >= 11 is 2.42. The highest BCUT2D eigenvalue weighted by atomic mass is 32.2. The number of carbonyl (C=O) groups excluding carboxylic acids is 3. The van der Waals surface area contributed by atoms with E-state index in [9.17, 15) is 34.6 Å². The number of nitro groups is 2. The fourth-order valence-electron chi connectivity index (χ4n) is 5.07. The number of aromatic nitrogens is 3. The molecule has 2 aromatic heterocycles. The molecule has 0 atom stereocenters. The van der Waals surface area contributed by atoms with Crippen LogP contribution in [-0.4, -0.2) is 54.8 Å². The van der Waals surface area contributed by atoms with Gasteiger partial charge in [-0.15, -0.1) is 21.5 Å². The number of rotatable bonds is 12. The minimum absolute atomic E-state index is 0.0763. The molecule has 2 heterocycles. The minimum Gasteiger partial charge on any atom is -0.462 e. The second kappa shape index (κ2) is 14.5. The number of nitrogens with one attached hydrogen (secondary N) is 2. The molecule has 15 nitrogen and oxygen atoms in total. The number of nitro benzene ring substituents is 2. The van der Waals surface area contributed by atoms with Crippen molar-refractivity contribution in [1.82, 2.24) is 20.1 Å². The lowest BCUT2D eigenvalue weighted by Gasteiger charge is -2.12. The van der Waals surface area contributed by atoms with Gasteiger partial charge in [0.15, 0.2) is 11.0 Å². The normalized spacial score (nSPS) is 12.2. The van der Waals surface area contributed by atoms with E-state index in [1.807, 2.05) is 0 Å². The lowest BCUT2D eigenvalue weighted by atomic mass is 9.95. The Morgan fingerprint density at radius 1 is 1.04 bits per heavy atom. The van der Waals surface area contributed by atoms with E-state index in [4.69, 9.17) is 4.74 Å². The Hall–Kier alpha value is -5.16. The Morgan fingerprint density at radius 2 is 1.79 bits per heavy atom. The summed E-state index contributed by atoms with van der Waals surface area (Å²) in [5.41, 5.74) is 1.92. The summed E-state index contributed by atoms with van der Waals surface area (Å²) in [6.45, 7) is 3.35. The summed E-state index contributed by atoms with van der Waals surface area (Å²) in [5.74, 6) is -1.33. The lowest BCUT2D eigenvalue weighted by Crippen LogP contribution is -2.25. The fourth-order valence-corrected chi connectivity index (χ4v) is 7.13. The van der Waals surface area contributed by atoms with Gasteiger partial charge in [-0.3, -0.25) is 34.4 Å². The quantitative estimate of drug-likeness (QED) is 0.0866. The van der Waals surface area contributed by atoms with Crippen molar-refractivity contribution in [2.24, 2.45) is 0 Å². The lowest BCUT2D eigenvalue weighted by molar-refractivity contribution is -0.385. The van der Waals surface area contributed by atoms with Crippen LogP contribution in [0, 0.1) is 27.2 Å². The third-order valence-corrected chi connectivity index (χ3v) is 9.47. The molecule has 1 aliphatic rings. The maximum atomic E-state index is 13.2. The molecule has 0 unspecified atom stereocenters. The average molecular weight is 680 g/mol. The van der Waals surface area contributed by atoms with Gasteiger partial charge in [0, 0.05) is 39.9 Å². The molecule has 0 aliphatic heterocycles. The van der Waals surface area contributed by atoms with Crippen molar-refractivity contribution < 1.29 is 29.0 Å². The van der Waals surface area contributed by atoms with Gasteiger partial charge < -0.3 is 15.4 Å². The number of anilines is 1. The van der Waals surface area contributed by atoms with E-state index in [2.05, 4.69) is 20.8 Å². The van der Waals surface area contributed by atoms with Gasteiger partial charge in [-0.25, -0.2) is 4.79 Å². The zero-order chi connectivity index (χ0) is 33.7. The molecule has 47 heavy (non-hydrogen) atoms. The summed E-state index contributed by atoms with van der Waals surface area (Å²) < 4.78 is 6.82. The number of carbonyl (C=O) groups is 3. The van der Waals surface area contributed by atoms with Gasteiger partial charge in [0.25, 0.3) is 17.3 Å². The van der Waals surface area contributed by atoms with E-state index in [1.54, 1.807) is 18.4 Å². The van der Waals surface area contributed by atoms with Crippen LogP contribution in [0.2, 0.25) is 0 Å². The number of nitrogens with zero attached hydrogens (tertiary/aromatic N) is 5.